The third-order valence-electron chi connectivity index (χ3n) is 0.664. The maximum atomic E-state index is 4.68. The fraction of sp³-hybridized carbons (Fsp3) is 1.00. The first-order valence-electron chi connectivity index (χ1n) is 2.24. The molecular weight excluding hydrogens is 128 g/mol. The summed E-state index contributed by atoms with van der Waals surface area (Å²) >= 11 is 4.64. The van der Waals surface area contributed by atoms with Gasteiger partial charge in [0.1, 0.15) is 0 Å². The van der Waals surface area contributed by atoms with E-state index in [9.17, 15) is 0 Å². The summed E-state index contributed by atoms with van der Waals surface area (Å²) < 4.78 is 9.35. The van der Waals surface area contributed by atoms with Crippen molar-refractivity contribution in [2.24, 2.45) is 0 Å². The summed E-state index contributed by atoms with van der Waals surface area (Å²) in [7, 11) is 3.21. The Morgan fingerprint density at radius 3 is 1.38 bits per heavy atom. The molecule has 0 N–H and O–H groups in total. The number of hydrogen-bond donors (Lipinski definition) is 0. The maximum absolute atomic E-state index is 4.68. The first-order valence-corrected chi connectivity index (χ1v) is 3.00. The number of rotatable bonds is 2. The molecule has 0 aromatic heterocycles. The van der Waals surface area contributed by atoms with Gasteiger partial charge >= 0.3 is 0 Å². The largest absolute Gasteiger partial charge is 0.356 e. The Balaban J connectivity index is 0. The van der Waals surface area contributed by atoms with Crippen LogP contribution in [0, 0.1) is 0 Å². The van der Waals surface area contributed by atoms with Gasteiger partial charge in [-0.2, -0.15) is 0 Å². The standard InChI is InChI=1S/C4H10O2.CH3Cl/c1-4(5-2)6-3;1-2/h4H,1-3H3;1H3. The second kappa shape index (κ2) is 10.2. The van der Waals surface area contributed by atoms with Crippen LogP contribution in [0.3, 0.4) is 0 Å². The molecule has 0 bridgehead atoms. The molecule has 0 unspecified atom stereocenters. The highest BCUT2D eigenvalue weighted by atomic mass is 35.5. The van der Waals surface area contributed by atoms with E-state index in [1.165, 1.54) is 6.38 Å². The van der Waals surface area contributed by atoms with Gasteiger partial charge < -0.3 is 9.47 Å². The van der Waals surface area contributed by atoms with E-state index >= 15 is 0 Å². The molecule has 3 heteroatoms. The second-order valence-corrected chi connectivity index (χ2v) is 1.04. The molecule has 0 aliphatic rings. The normalized spacial score (nSPS) is 8.25. The van der Waals surface area contributed by atoms with Crippen LogP contribution in [0.4, 0.5) is 0 Å². The molecule has 0 aliphatic heterocycles. The van der Waals surface area contributed by atoms with Crippen molar-refractivity contribution in [3.05, 3.63) is 0 Å². The summed E-state index contributed by atoms with van der Waals surface area (Å²) in [5.41, 5.74) is 0. The van der Waals surface area contributed by atoms with Crippen molar-refractivity contribution < 1.29 is 9.47 Å². The van der Waals surface area contributed by atoms with Crippen LogP contribution in [0.15, 0.2) is 0 Å². The predicted molar refractivity (Wildman–Crippen MR) is 35.3 cm³/mol. The van der Waals surface area contributed by atoms with Crippen LogP contribution in [0.1, 0.15) is 6.92 Å². The topological polar surface area (TPSA) is 18.5 Å². The van der Waals surface area contributed by atoms with Gasteiger partial charge in [0.15, 0.2) is 6.29 Å². The Hall–Kier alpha value is 0.210. The van der Waals surface area contributed by atoms with Crippen LogP contribution in [-0.4, -0.2) is 26.9 Å². The third-order valence-corrected chi connectivity index (χ3v) is 0.664. The second-order valence-electron chi connectivity index (χ2n) is 1.04. The van der Waals surface area contributed by atoms with E-state index < -0.39 is 0 Å². The molecule has 0 atom stereocenters. The molecule has 0 aliphatic carbocycles. The van der Waals surface area contributed by atoms with Crippen molar-refractivity contribution >= 4 is 11.6 Å². The third kappa shape index (κ3) is 9.51. The maximum Gasteiger partial charge on any atom is 0.154 e. The molecule has 0 spiro atoms. The van der Waals surface area contributed by atoms with E-state index in [0.29, 0.717) is 0 Å². The lowest BCUT2D eigenvalue weighted by atomic mass is 10.8. The molecular formula is C5H13ClO2. The van der Waals surface area contributed by atoms with Crippen molar-refractivity contribution in [1.29, 1.82) is 0 Å². The molecule has 0 saturated heterocycles. The van der Waals surface area contributed by atoms with Gasteiger partial charge in [-0.05, 0) is 6.92 Å². The monoisotopic (exact) mass is 140 g/mol. The van der Waals surface area contributed by atoms with Crippen LogP contribution >= 0.6 is 11.6 Å². The highest BCUT2D eigenvalue weighted by molar-refractivity contribution is 6.15. The zero-order valence-electron chi connectivity index (χ0n) is 5.77. The first-order chi connectivity index (χ1) is 3.81. The minimum Gasteiger partial charge on any atom is -0.356 e. The minimum atomic E-state index is -0.0648. The molecule has 0 fully saturated rings. The summed E-state index contributed by atoms with van der Waals surface area (Å²) in [6.45, 7) is 1.83. The molecule has 0 amide bonds. The van der Waals surface area contributed by atoms with Crippen molar-refractivity contribution in [3.63, 3.8) is 0 Å². The lowest BCUT2D eigenvalue weighted by Gasteiger charge is -2.03. The summed E-state index contributed by atoms with van der Waals surface area (Å²) in [5.74, 6) is 0. The quantitative estimate of drug-likeness (QED) is 0.427. The van der Waals surface area contributed by atoms with Crippen molar-refractivity contribution in [1.82, 2.24) is 0 Å². The molecule has 0 heterocycles. The minimum absolute atomic E-state index is 0.0648. The summed E-state index contributed by atoms with van der Waals surface area (Å²) in [5, 5.41) is 0. The molecule has 0 saturated carbocycles. The molecule has 2 nitrogen and oxygen atoms in total. The van der Waals surface area contributed by atoms with E-state index in [1.807, 2.05) is 6.92 Å². The van der Waals surface area contributed by atoms with Crippen LogP contribution in [-0.2, 0) is 9.47 Å². The Morgan fingerprint density at radius 2 is 1.38 bits per heavy atom. The van der Waals surface area contributed by atoms with Gasteiger partial charge in [-0.1, -0.05) is 0 Å². The van der Waals surface area contributed by atoms with Crippen molar-refractivity contribution in [2.75, 3.05) is 20.6 Å². The smallest absolute Gasteiger partial charge is 0.154 e. The van der Waals surface area contributed by atoms with Crippen LogP contribution in [0.25, 0.3) is 0 Å². The highest BCUT2D eigenvalue weighted by Crippen LogP contribution is 1.82. The predicted octanol–water partition coefficient (Wildman–Crippen LogP) is 1.48. The van der Waals surface area contributed by atoms with E-state index in [-0.39, 0.29) is 6.29 Å². The number of ether oxygens (including phenoxy) is 2. The Bertz CT molecular complexity index is 29.6. The van der Waals surface area contributed by atoms with E-state index in [0.717, 1.165) is 0 Å². The molecule has 0 aromatic rings. The highest BCUT2D eigenvalue weighted by Gasteiger charge is 1.87. The van der Waals surface area contributed by atoms with Crippen LogP contribution < -0.4 is 0 Å². The van der Waals surface area contributed by atoms with Gasteiger partial charge in [0.25, 0.3) is 0 Å². The molecule has 0 radical (unpaired) electrons. The van der Waals surface area contributed by atoms with Gasteiger partial charge in [-0.25, -0.2) is 0 Å². The molecule has 0 rings (SSSR count). The van der Waals surface area contributed by atoms with Crippen molar-refractivity contribution in [2.45, 2.75) is 13.2 Å². The molecule has 52 valence electrons. The zero-order chi connectivity index (χ0) is 6.99. The summed E-state index contributed by atoms with van der Waals surface area (Å²) in [6.07, 6.45) is 1.41. The average Bonchev–Trinajstić information content (AvgIpc) is 1.91. The number of alkyl halides is 1. The zero-order valence-corrected chi connectivity index (χ0v) is 6.53. The lowest BCUT2D eigenvalue weighted by molar-refractivity contribution is -0.0877. The van der Waals surface area contributed by atoms with Gasteiger partial charge in [-0.3, -0.25) is 0 Å². The SMILES string of the molecule is CCl.COC(C)OC. The van der Waals surface area contributed by atoms with E-state index in [1.54, 1.807) is 14.2 Å². The van der Waals surface area contributed by atoms with E-state index in [2.05, 4.69) is 21.1 Å². The van der Waals surface area contributed by atoms with Gasteiger partial charge in [0, 0.05) is 20.6 Å². The van der Waals surface area contributed by atoms with E-state index in [4.69, 9.17) is 0 Å². The number of methoxy groups -OCH3 is 2. The number of hydrogen-bond acceptors (Lipinski definition) is 2. The fourth-order valence-electron chi connectivity index (χ4n) is 0.0962. The molecule has 0 aromatic carbocycles. The lowest BCUT2D eigenvalue weighted by Crippen LogP contribution is -2.05. The fourth-order valence-corrected chi connectivity index (χ4v) is 0.0962. The number of halogens is 1. The van der Waals surface area contributed by atoms with Crippen LogP contribution in [0.2, 0.25) is 0 Å². The Labute approximate surface area is 55.7 Å². The average molecular weight is 141 g/mol. The van der Waals surface area contributed by atoms with Gasteiger partial charge in [0.05, 0.1) is 0 Å². The molecule has 8 heavy (non-hydrogen) atoms. The summed E-state index contributed by atoms with van der Waals surface area (Å²) in [4.78, 5) is 0. The Morgan fingerprint density at radius 1 is 1.12 bits per heavy atom. The van der Waals surface area contributed by atoms with Gasteiger partial charge in [-0.15, -0.1) is 11.6 Å². The first kappa shape index (κ1) is 11.1. The summed E-state index contributed by atoms with van der Waals surface area (Å²) in [6, 6.07) is 0. The Kier molecular flexibility index (Phi) is 14.2. The van der Waals surface area contributed by atoms with Gasteiger partial charge in [0.2, 0.25) is 0 Å². The van der Waals surface area contributed by atoms with Crippen molar-refractivity contribution in [3.8, 4) is 0 Å². The van der Waals surface area contributed by atoms with Crippen LogP contribution in [0.5, 0.6) is 0 Å².